The first-order valence-corrected chi connectivity index (χ1v) is 7.32. The highest BCUT2D eigenvalue weighted by Crippen LogP contribution is 2.29. The fraction of sp³-hybridized carbons (Fsp3) is 0.200. The summed E-state index contributed by atoms with van der Waals surface area (Å²) in [5.41, 5.74) is 8.12. The van der Waals surface area contributed by atoms with E-state index in [-0.39, 0.29) is 0 Å². The summed E-state index contributed by atoms with van der Waals surface area (Å²) >= 11 is 7.97. The van der Waals surface area contributed by atoms with Gasteiger partial charge in [-0.05, 0) is 36.2 Å². The molecule has 0 radical (unpaired) electrons. The van der Waals surface area contributed by atoms with Crippen molar-refractivity contribution in [3.05, 3.63) is 64.7 Å². The van der Waals surface area contributed by atoms with Crippen molar-refractivity contribution < 1.29 is 0 Å². The molecule has 0 saturated carbocycles. The molecule has 0 aromatic heterocycles. The number of hydrogen-bond donors (Lipinski definition) is 1. The average molecular weight is 278 g/mol. The van der Waals surface area contributed by atoms with Gasteiger partial charge in [0.1, 0.15) is 0 Å². The maximum absolute atomic E-state index is 6.16. The van der Waals surface area contributed by atoms with E-state index < -0.39 is 0 Å². The summed E-state index contributed by atoms with van der Waals surface area (Å²) in [7, 11) is 0. The molecular formula is C15H16ClNS. The quantitative estimate of drug-likeness (QED) is 0.832. The highest BCUT2D eigenvalue weighted by atomic mass is 35.5. The van der Waals surface area contributed by atoms with Crippen LogP contribution in [0.2, 0.25) is 5.02 Å². The minimum Gasteiger partial charge on any atom is -0.330 e. The van der Waals surface area contributed by atoms with Crippen LogP contribution in [0, 0.1) is 0 Å². The molecule has 2 N–H and O–H groups in total. The monoisotopic (exact) mass is 277 g/mol. The van der Waals surface area contributed by atoms with Crippen LogP contribution in [-0.4, -0.2) is 6.54 Å². The van der Waals surface area contributed by atoms with Gasteiger partial charge in [-0.25, -0.2) is 0 Å². The van der Waals surface area contributed by atoms with Gasteiger partial charge in [0.15, 0.2) is 0 Å². The Balaban J connectivity index is 2.08. The van der Waals surface area contributed by atoms with Crippen molar-refractivity contribution in [2.24, 2.45) is 5.73 Å². The lowest BCUT2D eigenvalue weighted by Gasteiger charge is -2.09. The van der Waals surface area contributed by atoms with Crippen LogP contribution in [0.4, 0.5) is 0 Å². The first kappa shape index (κ1) is 13.5. The first-order valence-electron chi connectivity index (χ1n) is 5.95. The van der Waals surface area contributed by atoms with Gasteiger partial charge in [0.2, 0.25) is 0 Å². The van der Waals surface area contributed by atoms with Crippen LogP contribution in [0.5, 0.6) is 0 Å². The van der Waals surface area contributed by atoms with E-state index in [1.807, 2.05) is 30.0 Å². The fourth-order valence-corrected chi connectivity index (χ4v) is 3.15. The lowest BCUT2D eigenvalue weighted by molar-refractivity contribution is 0.944. The molecule has 0 fully saturated rings. The summed E-state index contributed by atoms with van der Waals surface area (Å²) in [4.78, 5) is 1.29. The second-order valence-electron chi connectivity index (χ2n) is 4.03. The molecule has 18 heavy (non-hydrogen) atoms. The van der Waals surface area contributed by atoms with E-state index in [9.17, 15) is 0 Å². The van der Waals surface area contributed by atoms with Gasteiger partial charge in [-0.15, -0.1) is 11.8 Å². The van der Waals surface area contributed by atoms with Gasteiger partial charge >= 0.3 is 0 Å². The van der Waals surface area contributed by atoms with Gasteiger partial charge in [-0.2, -0.15) is 0 Å². The predicted octanol–water partition coefficient (Wildman–Crippen LogP) is 4.13. The van der Waals surface area contributed by atoms with Crippen LogP contribution in [0.25, 0.3) is 0 Å². The van der Waals surface area contributed by atoms with Crippen LogP contribution in [0.15, 0.2) is 53.4 Å². The molecule has 0 amide bonds. The van der Waals surface area contributed by atoms with Gasteiger partial charge in [0.05, 0.1) is 0 Å². The zero-order valence-corrected chi connectivity index (χ0v) is 11.7. The predicted molar refractivity (Wildman–Crippen MR) is 80.2 cm³/mol. The van der Waals surface area contributed by atoms with Crippen LogP contribution in [0.3, 0.4) is 0 Å². The fourth-order valence-electron chi connectivity index (χ4n) is 1.78. The van der Waals surface area contributed by atoms with Gasteiger partial charge in [0, 0.05) is 15.7 Å². The van der Waals surface area contributed by atoms with Crippen LogP contribution >= 0.6 is 23.4 Å². The molecule has 0 aliphatic heterocycles. The van der Waals surface area contributed by atoms with E-state index >= 15 is 0 Å². The third-order valence-electron chi connectivity index (χ3n) is 2.73. The van der Waals surface area contributed by atoms with Crippen LogP contribution < -0.4 is 5.73 Å². The van der Waals surface area contributed by atoms with Crippen molar-refractivity contribution in [3.63, 3.8) is 0 Å². The molecule has 1 nitrogen and oxygen atoms in total. The van der Waals surface area contributed by atoms with E-state index in [0.717, 1.165) is 17.2 Å². The van der Waals surface area contributed by atoms with E-state index in [2.05, 4.69) is 30.3 Å². The standard InChI is InChI=1S/C15H16ClNS/c16-14-7-3-1-6-13(14)11-18-15-8-4-2-5-12(15)9-10-17/h1-8H,9-11,17H2. The molecule has 0 atom stereocenters. The van der Waals surface area contributed by atoms with Gasteiger partial charge in [-0.1, -0.05) is 48.0 Å². The number of hydrogen-bond acceptors (Lipinski definition) is 2. The Kier molecular flexibility index (Phi) is 5.12. The van der Waals surface area contributed by atoms with Crippen molar-refractivity contribution >= 4 is 23.4 Å². The summed E-state index contributed by atoms with van der Waals surface area (Å²) in [6.45, 7) is 0.684. The Morgan fingerprint density at radius 1 is 0.944 bits per heavy atom. The minimum absolute atomic E-state index is 0.684. The van der Waals surface area contributed by atoms with Crippen molar-refractivity contribution in [1.82, 2.24) is 0 Å². The highest BCUT2D eigenvalue weighted by Gasteiger charge is 2.04. The lowest BCUT2D eigenvalue weighted by Crippen LogP contribution is -2.03. The Bertz CT molecular complexity index is 513. The van der Waals surface area contributed by atoms with Crippen molar-refractivity contribution in [3.8, 4) is 0 Å². The molecule has 0 saturated heterocycles. The lowest BCUT2D eigenvalue weighted by atomic mass is 10.1. The van der Waals surface area contributed by atoms with E-state index in [1.165, 1.54) is 16.0 Å². The van der Waals surface area contributed by atoms with Gasteiger partial charge in [0.25, 0.3) is 0 Å². The normalized spacial score (nSPS) is 10.6. The number of thioether (sulfide) groups is 1. The number of rotatable bonds is 5. The topological polar surface area (TPSA) is 26.0 Å². The molecule has 0 bridgehead atoms. The molecule has 0 unspecified atom stereocenters. The Labute approximate surface area is 117 Å². The van der Waals surface area contributed by atoms with Crippen molar-refractivity contribution in [1.29, 1.82) is 0 Å². The molecular weight excluding hydrogens is 262 g/mol. The molecule has 2 rings (SSSR count). The molecule has 2 aromatic carbocycles. The van der Waals surface area contributed by atoms with E-state index in [4.69, 9.17) is 17.3 Å². The first-order chi connectivity index (χ1) is 8.81. The molecule has 0 aliphatic carbocycles. The molecule has 94 valence electrons. The number of benzene rings is 2. The highest BCUT2D eigenvalue weighted by molar-refractivity contribution is 7.98. The molecule has 0 spiro atoms. The van der Waals surface area contributed by atoms with E-state index in [0.29, 0.717) is 6.54 Å². The summed E-state index contributed by atoms with van der Waals surface area (Å²) in [5.74, 6) is 0.890. The van der Waals surface area contributed by atoms with Crippen LogP contribution in [-0.2, 0) is 12.2 Å². The van der Waals surface area contributed by atoms with Crippen molar-refractivity contribution in [2.75, 3.05) is 6.54 Å². The molecule has 0 heterocycles. The average Bonchev–Trinajstić information content (AvgIpc) is 2.40. The zero-order valence-electron chi connectivity index (χ0n) is 10.1. The Hall–Kier alpha value is -0.960. The zero-order chi connectivity index (χ0) is 12.8. The maximum Gasteiger partial charge on any atom is 0.0446 e. The minimum atomic E-state index is 0.684. The summed E-state index contributed by atoms with van der Waals surface area (Å²) < 4.78 is 0. The third-order valence-corrected chi connectivity index (χ3v) is 4.26. The van der Waals surface area contributed by atoms with Gasteiger partial charge < -0.3 is 5.73 Å². The summed E-state index contributed by atoms with van der Waals surface area (Å²) in [6.07, 6.45) is 0.922. The Morgan fingerprint density at radius 3 is 2.33 bits per heavy atom. The molecule has 3 heteroatoms. The smallest absolute Gasteiger partial charge is 0.0446 e. The van der Waals surface area contributed by atoms with Crippen molar-refractivity contribution in [2.45, 2.75) is 17.1 Å². The maximum atomic E-state index is 6.16. The van der Waals surface area contributed by atoms with E-state index in [1.54, 1.807) is 0 Å². The van der Waals surface area contributed by atoms with Gasteiger partial charge in [-0.3, -0.25) is 0 Å². The third kappa shape index (κ3) is 3.52. The Morgan fingerprint density at radius 2 is 1.61 bits per heavy atom. The molecule has 0 aliphatic rings. The largest absolute Gasteiger partial charge is 0.330 e. The SMILES string of the molecule is NCCc1ccccc1SCc1ccccc1Cl. The van der Waals surface area contributed by atoms with Crippen LogP contribution in [0.1, 0.15) is 11.1 Å². The number of halogens is 1. The second kappa shape index (κ2) is 6.83. The summed E-state index contributed by atoms with van der Waals surface area (Å²) in [5, 5.41) is 0.835. The second-order valence-corrected chi connectivity index (χ2v) is 5.45. The summed E-state index contributed by atoms with van der Waals surface area (Å²) in [6, 6.07) is 16.4. The molecule has 2 aromatic rings. The number of nitrogens with two attached hydrogens (primary N) is 1.